The zero-order valence-corrected chi connectivity index (χ0v) is 21.7. The van der Waals surface area contributed by atoms with Gasteiger partial charge in [-0.05, 0) is 0 Å². The molecule has 150 valence electrons. The average Bonchev–Trinajstić information content (AvgIpc) is 2.85. The molecular weight excluding hydrogens is 616 g/mol. The van der Waals surface area contributed by atoms with Gasteiger partial charge in [0, 0.05) is 11.1 Å². The van der Waals surface area contributed by atoms with E-state index in [0.29, 0.717) is 17.5 Å². The van der Waals surface area contributed by atoms with Gasteiger partial charge in [-0.3, -0.25) is 0 Å². The summed E-state index contributed by atoms with van der Waals surface area (Å²) in [7, 11) is 0. The molecule has 4 heteroatoms. The summed E-state index contributed by atoms with van der Waals surface area (Å²) in [4.78, 5) is 14.3. The first-order valence-electron chi connectivity index (χ1n) is 10.1. The van der Waals surface area contributed by atoms with Crippen LogP contribution in [0.25, 0.3) is 45.3 Å². The van der Waals surface area contributed by atoms with Crippen molar-refractivity contribution in [3.05, 3.63) is 115 Å². The van der Waals surface area contributed by atoms with Crippen LogP contribution in [0.5, 0.6) is 0 Å². The maximum absolute atomic E-state index is 4.79. The second-order valence-electron chi connectivity index (χ2n) is 7.30. The molecule has 32 heavy (non-hydrogen) atoms. The van der Waals surface area contributed by atoms with Gasteiger partial charge in [-0.2, -0.15) is 35.9 Å². The van der Waals surface area contributed by atoms with Crippen molar-refractivity contribution in [2.24, 2.45) is 0 Å². The molecule has 4 aromatic carbocycles. The maximum Gasteiger partial charge on any atom is 2.00 e. The Hall–Kier alpha value is -3.06. The summed E-state index contributed by atoms with van der Waals surface area (Å²) < 4.78 is 0. The van der Waals surface area contributed by atoms with Crippen LogP contribution in [-0.2, 0) is 0 Å². The van der Waals surface area contributed by atoms with E-state index in [2.05, 4.69) is 25.1 Å². The van der Waals surface area contributed by atoms with Crippen LogP contribution in [0.3, 0.4) is 0 Å². The summed E-state index contributed by atoms with van der Waals surface area (Å²) in [6, 6.07) is 38.8. The van der Waals surface area contributed by atoms with Crippen molar-refractivity contribution in [3.8, 4) is 45.3 Å². The van der Waals surface area contributed by atoms with Crippen molar-refractivity contribution in [1.82, 2.24) is 15.0 Å². The van der Waals surface area contributed by atoms with E-state index in [4.69, 9.17) is 15.0 Å². The second kappa shape index (κ2) is 10.0. The molecule has 3 nitrogen and oxygen atoms in total. The summed E-state index contributed by atoms with van der Waals surface area (Å²) >= 11 is 0. The molecule has 5 aromatic rings. The Kier molecular flexibility index (Phi) is 6.95. The first-order chi connectivity index (χ1) is 15.3. The number of aromatic nitrogens is 3. The van der Waals surface area contributed by atoms with Crippen molar-refractivity contribution >= 4 is 0 Å². The van der Waals surface area contributed by atoms with Gasteiger partial charge in [-0.25, -0.2) is 20.5 Å². The van der Waals surface area contributed by atoms with Crippen LogP contribution in [0.4, 0.5) is 0 Å². The smallest absolute Gasteiger partial charge is 0.249 e. The van der Waals surface area contributed by atoms with Gasteiger partial charge >= 0.3 is 31.1 Å². The SMILES string of the molecule is Cc1cc[c-]c(-c2[c-]c(-c3nc(-c4ccccc4)nc(-c4ccccc4)n3)ccc2)c1.[U+2]. The average molecular weight is 636 g/mol. The topological polar surface area (TPSA) is 38.7 Å². The van der Waals surface area contributed by atoms with Crippen LogP contribution >= 0.6 is 0 Å². The molecule has 1 aromatic heterocycles. The molecule has 1 heterocycles. The zero-order chi connectivity index (χ0) is 21.0. The molecular formula is C28H19N3U. The molecule has 0 saturated carbocycles. The minimum absolute atomic E-state index is 0. The molecule has 0 spiro atoms. The van der Waals surface area contributed by atoms with Crippen molar-refractivity contribution in [3.63, 3.8) is 0 Å². The molecule has 0 aliphatic heterocycles. The van der Waals surface area contributed by atoms with Gasteiger partial charge < -0.3 is 0 Å². The Morgan fingerprint density at radius 3 is 1.72 bits per heavy atom. The standard InChI is InChI=1S/C28H19N3.U/c1-20-10-8-15-23(18-20)24-16-9-17-25(19-24)28-30-26(21-11-4-2-5-12-21)29-27(31-28)22-13-6-3-7-14-22;/h2-14,16-18H,1H3;/q-2;+2. The Labute approximate surface area is 212 Å². The fourth-order valence-electron chi connectivity index (χ4n) is 3.42. The first-order valence-corrected chi connectivity index (χ1v) is 10.1. The third-order valence-electron chi connectivity index (χ3n) is 4.98. The van der Waals surface area contributed by atoms with Crippen LogP contribution in [0.2, 0.25) is 0 Å². The van der Waals surface area contributed by atoms with Gasteiger partial charge in [0.25, 0.3) is 0 Å². The molecule has 5 rings (SSSR count). The van der Waals surface area contributed by atoms with Crippen LogP contribution in [-0.4, -0.2) is 15.0 Å². The molecule has 0 aliphatic rings. The van der Waals surface area contributed by atoms with E-state index >= 15 is 0 Å². The van der Waals surface area contributed by atoms with Gasteiger partial charge in [-0.15, -0.1) is 23.8 Å². The fraction of sp³-hybridized carbons (Fsp3) is 0.0357. The summed E-state index contributed by atoms with van der Waals surface area (Å²) in [6.45, 7) is 2.07. The van der Waals surface area contributed by atoms with E-state index < -0.39 is 0 Å². The quantitative estimate of drug-likeness (QED) is 0.213. The number of aryl methyl sites for hydroxylation is 1. The number of rotatable bonds is 4. The summed E-state index contributed by atoms with van der Waals surface area (Å²) in [5.74, 6) is 1.89. The van der Waals surface area contributed by atoms with Crippen LogP contribution in [0.1, 0.15) is 5.56 Å². The molecule has 0 amide bonds. The second-order valence-corrected chi connectivity index (χ2v) is 7.30. The fourth-order valence-corrected chi connectivity index (χ4v) is 3.42. The Morgan fingerprint density at radius 1 is 0.562 bits per heavy atom. The summed E-state index contributed by atoms with van der Waals surface area (Å²) in [5.41, 5.74) is 5.87. The van der Waals surface area contributed by atoms with E-state index in [9.17, 15) is 0 Å². The number of hydrogen-bond acceptors (Lipinski definition) is 3. The Morgan fingerprint density at radius 2 is 1.12 bits per heavy atom. The normalized spacial score (nSPS) is 10.4. The predicted octanol–water partition coefficient (Wildman–Crippen LogP) is 6.45. The van der Waals surface area contributed by atoms with E-state index in [-0.39, 0.29) is 31.1 Å². The van der Waals surface area contributed by atoms with Crippen LogP contribution < -0.4 is 0 Å². The zero-order valence-electron chi connectivity index (χ0n) is 17.6. The molecule has 0 atom stereocenters. The van der Waals surface area contributed by atoms with Crippen molar-refractivity contribution in [2.75, 3.05) is 0 Å². The van der Waals surface area contributed by atoms with Crippen LogP contribution in [0.15, 0.2) is 97.1 Å². The number of nitrogens with zero attached hydrogens (tertiary/aromatic N) is 3. The summed E-state index contributed by atoms with van der Waals surface area (Å²) in [5, 5.41) is 0. The Bertz CT molecular complexity index is 1280. The summed E-state index contributed by atoms with van der Waals surface area (Å²) in [6.07, 6.45) is 0. The molecule has 0 unspecified atom stereocenters. The van der Waals surface area contributed by atoms with Gasteiger partial charge in [0.05, 0.1) is 5.82 Å². The molecule has 0 N–H and O–H groups in total. The van der Waals surface area contributed by atoms with E-state index in [1.807, 2.05) is 91.0 Å². The van der Waals surface area contributed by atoms with E-state index in [1.54, 1.807) is 0 Å². The van der Waals surface area contributed by atoms with Crippen molar-refractivity contribution < 1.29 is 31.1 Å². The van der Waals surface area contributed by atoms with Crippen molar-refractivity contribution in [2.45, 2.75) is 6.92 Å². The number of hydrogen-bond donors (Lipinski definition) is 0. The molecule has 0 radical (unpaired) electrons. The molecule has 0 aliphatic carbocycles. The van der Waals surface area contributed by atoms with Crippen LogP contribution in [0, 0.1) is 50.2 Å². The molecule has 0 saturated heterocycles. The van der Waals surface area contributed by atoms with E-state index in [1.165, 1.54) is 5.56 Å². The third-order valence-corrected chi connectivity index (χ3v) is 4.98. The predicted molar refractivity (Wildman–Crippen MR) is 124 cm³/mol. The molecule has 0 bridgehead atoms. The van der Waals surface area contributed by atoms with E-state index in [0.717, 1.165) is 27.8 Å². The minimum Gasteiger partial charge on any atom is -0.249 e. The molecule has 0 fully saturated rings. The third kappa shape index (κ3) is 4.88. The van der Waals surface area contributed by atoms with Gasteiger partial charge in [0.2, 0.25) is 0 Å². The largest absolute Gasteiger partial charge is 2.00 e. The van der Waals surface area contributed by atoms with Gasteiger partial charge in [0.1, 0.15) is 0 Å². The monoisotopic (exact) mass is 635 g/mol. The first kappa shape index (κ1) is 22.1. The minimum atomic E-state index is 0. The Balaban J connectivity index is 0.00000245. The van der Waals surface area contributed by atoms with Gasteiger partial charge in [0.15, 0.2) is 11.6 Å². The van der Waals surface area contributed by atoms with Gasteiger partial charge in [-0.1, -0.05) is 73.2 Å². The maximum atomic E-state index is 4.79. The van der Waals surface area contributed by atoms with Crippen molar-refractivity contribution in [1.29, 1.82) is 0 Å². The number of benzene rings is 4.